The van der Waals surface area contributed by atoms with Gasteiger partial charge < -0.3 is 0 Å². The number of hydrogen-bond donors (Lipinski definition) is 0. The molecule has 0 aliphatic carbocycles. The van der Waals surface area contributed by atoms with Crippen LogP contribution in [-0.4, -0.2) is 15.2 Å². The van der Waals surface area contributed by atoms with Gasteiger partial charge in [0.1, 0.15) is 5.52 Å². The van der Waals surface area contributed by atoms with Crippen LogP contribution in [0.4, 0.5) is 0 Å². The molecule has 0 atom stereocenters. The Labute approximate surface area is 78.1 Å². The third-order valence-electron chi connectivity index (χ3n) is 1.94. The molecule has 13 heavy (non-hydrogen) atoms. The molecular formula is C9H5N3S. The van der Waals surface area contributed by atoms with Crippen LogP contribution in [-0.2, 0) is 0 Å². The Balaban J connectivity index is 2.64. The van der Waals surface area contributed by atoms with Crippen molar-refractivity contribution >= 4 is 31.6 Å². The summed E-state index contributed by atoms with van der Waals surface area (Å²) >= 11 is 1.72. The number of hydrogen-bond acceptors (Lipinski definition) is 4. The van der Waals surface area contributed by atoms with Crippen molar-refractivity contribution < 1.29 is 0 Å². The average Bonchev–Trinajstić information content (AvgIpc) is 2.56. The van der Waals surface area contributed by atoms with Crippen LogP contribution in [0.3, 0.4) is 0 Å². The van der Waals surface area contributed by atoms with Crippen LogP contribution in [0.1, 0.15) is 0 Å². The molecule has 0 N–H and O–H groups in total. The molecule has 0 saturated heterocycles. The third kappa shape index (κ3) is 0.922. The smallest absolute Gasteiger partial charge is 0.113 e. The third-order valence-corrected chi connectivity index (χ3v) is 3.07. The SMILES string of the molecule is c1cc2sc3ccnnc3c2cn1. The van der Waals surface area contributed by atoms with Gasteiger partial charge >= 0.3 is 0 Å². The molecule has 0 radical (unpaired) electrons. The molecular weight excluding hydrogens is 182 g/mol. The first-order valence-corrected chi connectivity index (χ1v) is 4.71. The first-order chi connectivity index (χ1) is 6.45. The van der Waals surface area contributed by atoms with E-state index >= 15 is 0 Å². The van der Waals surface area contributed by atoms with E-state index in [1.165, 1.54) is 4.70 Å². The summed E-state index contributed by atoms with van der Waals surface area (Å²) in [4.78, 5) is 4.07. The number of fused-ring (bicyclic) bond motifs is 3. The largest absolute Gasteiger partial charge is 0.264 e. The minimum atomic E-state index is 0.954. The molecule has 0 aliphatic rings. The van der Waals surface area contributed by atoms with E-state index in [0.717, 1.165) is 15.6 Å². The Morgan fingerprint density at radius 3 is 3.00 bits per heavy atom. The summed E-state index contributed by atoms with van der Waals surface area (Å²) in [5.41, 5.74) is 0.954. The second-order valence-corrected chi connectivity index (χ2v) is 3.80. The lowest BCUT2D eigenvalue weighted by Gasteiger charge is -1.85. The molecule has 0 unspecified atom stereocenters. The van der Waals surface area contributed by atoms with Gasteiger partial charge in [-0.25, -0.2) is 0 Å². The molecule has 62 valence electrons. The van der Waals surface area contributed by atoms with Crippen LogP contribution in [0.25, 0.3) is 20.3 Å². The number of thiophene rings is 1. The van der Waals surface area contributed by atoms with Crippen molar-refractivity contribution in [2.45, 2.75) is 0 Å². The van der Waals surface area contributed by atoms with Crippen molar-refractivity contribution in [2.24, 2.45) is 0 Å². The number of nitrogens with zero attached hydrogens (tertiary/aromatic N) is 3. The minimum absolute atomic E-state index is 0.954. The van der Waals surface area contributed by atoms with Crippen molar-refractivity contribution in [3.63, 3.8) is 0 Å². The predicted molar refractivity (Wildman–Crippen MR) is 52.7 cm³/mol. The minimum Gasteiger partial charge on any atom is -0.264 e. The van der Waals surface area contributed by atoms with Crippen LogP contribution >= 0.6 is 11.3 Å². The fourth-order valence-electron chi connectivity index (χ4n) is 1.36. The van der Waals surface area contributed by atoms with E-state index in [-0.39, 0.29) is 0 Å². The van der Waals surface area contributed by atoms with Crippen molar-refractivity contribution in [1.29, 1.82) is 0 Å². The Morgan fingerprint density at radius 2 is 2.00 bits per heavy atom. The summed E-state index contributed by atoms with van der Waals surface area (Å²) in [5, 5.41) is 9.05. The van der Waals surface area contributed by atoms with E-state index in [1.807, 2.05) is 18.3 Å². The summed E-state index contributed by atoms with van der Waals surface area (Å²) in [6, 6.07) is 3.98. The van der Waals surface area contributed by atoms with Gasteiger partial charge in [0.15, 0.2) is 0 Å². The van der Waals surface area contributed by atoms with Gasteiger partial charge in [0.05, 0.1) is 10.9 Å². The van der Waals surface area contributed by atoms with Crippen LogP contribution in [0.15, 0.2) is 30.7 Å². The molecule has 3 nitrogen and oxygen atoms in total. The maximum Gasteiger partial charge on any atom is 0.113 e. The Kier molecular flexibility index (Phi) is 1.31. The van der Waals surface area contributed by atoms with Crippen molar-refractivity contribution in [3.8, 4) is 0 Å². The molecule has 0 aromatic carbocycles. The molecule has 3 aromatic rings. The normalized spacial score (nSPS) is 11.1. The van der Waals surface area contributed by atoms with Gasteiger partial charge in [0, 0.05) is 22.5 Å². The lowest BCUT2D eigenvalue weighted by atomic mass is 10.3. The highest BCUT2D eigenvalue weighted by atomic mass is 32.1. The van der Waals surface area contributed by atoms with E-state index in [0.29, 0.717) is 0 Å². The second-order valence-electron chi connectivity index (χ2n) is 2.72. The standard InChI is InChI=1S/C9H5N3S/c1-3-10-5-6-7(1)13-8-2-4-11-12-9(6)8/h1-5H. The van der Waals surface area contributed by atoms with E-state index in [4.69, 9.17) is 0 Å². The lowest BCUT2D eigenvalue weighted by Crippen LogP contribution is -1.77. The Morgan fingerprint density at radius 1 is 1.08 bits per heavy atom. The van der Waals surface area contributed by atoms with Gasteiger partial charge in [0.25, 0.3) is 0 Å². The highest BCUT2D eigenvalue weighted by molar-refractivity contribution is 7.25. The summed E-state index contributed by atoms with van der Waals surface area (Å²) in [7, 11) is 0. The summed E-state index contributed by atoms with van der Waals surface area (Å²) in [6.45, 7) is 0. The molecule has 0 fully saturated rings. The zero-order chi connectivity index (χ0) is 8.67. The monoisotopic (exact) mass is 187 g/mol. The summed E-state index contributed by atoms with van der Waals surface area (Å²) in [5.74, 6) is 0. The second kappa shape index (κ2) is 2.47. The van der Waals surface area contributed by atoms with Crippen LogP contribution in [0.5, 0.6) is 0 Å². The molecule has 3 heterocycles. The van der Waals surface area contributed by atoms with E-state index < -0.39 is 0 Å². The zero-order valence-corrected chi connectivity index (χ0v) is 7.45. The first kappa shape index (κ1) is 6.91. The highest BCUT2D eigenvalue weighted by Gasteiger charge is 2.04. The fourth-order valence-corrected chi connectivity index (χ4v) is 2.36. The van der Waals surface area contributed by atoms with Crippen molar-refractivity contribution in [2.75, 3.05) is 0 Å². The predicted octanol–water partition coefficient (Wildman–Crippen LogP) is 2.24. The maximum absolute atomic E-state index is 4.09. The van der Waals surface area contributed by atoms with Crippen LogP contribution in [0, 0.1) is 0 Å². The van der Waals surface area contributed by atoms with Crippen molar-refractivity contribution in [1.82, 2.24) is 15.2 Å². The Bertz CT molecular complexity index is 523. The number of pyridine rings is 1. The number of rotatable bonds is 0. The molecule has 3 rings (SSSR count). The lowest BCUT2D eigenvalue weighted by molar-refractivity contribution is 1.08. The average molecular weight is 187 g/mol. The van der Waals surface area contributed by atoms with E-state index in [1.54, 1.807) is 23.7 Å². The van der Waals surface area contributed by atoms with Gasteiger partial charge in [0.2, 0.25) is 0 Å². The summed E-state index contributed by atoms with van der Waals surface area (Å²) < 4.78 is 2.38. The Hall–Kier alpha value is -1.55. The van der Waals surface area contributed by atoms with Gasteiger partial charge in [-0.15, -0.1) is 16.4 Å². The topological polar surface area (TPSA) is 38.7 Å². The van der Waals surface area contributed by atoms with E-state index in [2.05, 4.69) is 15.2 Å². The van der Waals surface area contributed by atoms with Crippen LogP contribution < -0.4 is 0 Å². The molecule has 0 aliphatic heterocycles. The number of aromatic nitrogens is 3. The van der Waals surface area contributed by atoms with Crippen LogP contribution in [0.2, 0.25) is 0 Å². The van der Waals surface area contributed by atoms with Crippen molar-refractivity contribution in [3.05, 3.63) is 30.7 Å². The molecule has 4 heteroatoms. The highest BCUT2D eigenvalue weighted by Crippen LogP contribution is 2.30. The summed E-state index contributed by atoms with van der Waals surface area (Å²) in [6.07, 6.45) is 5.35. The maximum atomic E-state index is 4.09. The van der Waals surface area contributed by atoms with Gasteiger partial charge in [-0.2, -0.15) is 5.10 Å². The first-order valence-electron chi connectivity index (χ1n) is 3.89. The van der Waals surface area contributed by atoms with Gasteiger partial charge in [-0.05, 0) is 12.1 Å². The van der Waals surface area contributed by atoms with E-state index in [9.17, 15) is 0 Å². The molecule has 0 amide bonds. The zero-order valence-electron chi connectivity index (χ0n) is 6.64. The fraction of sp³-hybridized carbons (Fsp3) is 0. The quantitative estimate of drug-likeness (QED) is 0.541. The molecule has 0 spiro atoms. The van der Waals surface area contributed by atoms with Gasteiger partial charge in [-0.1, -0.05) is 0 Å². The molecule has 0 saturated carbocycles. The van der Waals surface area contributed by atoms with Gasteiger partial charge in [-0.3, -0.25) is 4.98 Å². The molecule has 0 bridgehead atoms. The molecule has 3 aromatic heterocycles.